The van der Waals surface area contributed by atoms with Crippen LogP contribution in [0.3, 0.4) is 0 Å². The van der Waals surface area contributed by atoms with Crippen molar-refractivity contribution in [3.63, 3.8) is 0 Å². The van der Waals surface area contributed by atoms with Gasteiger partial charge in [-0.05, 0) is 31.2 Å². The number of hydrogen-bond donors (Lipinski definition) is 1. The second-order valence-corrected chi connectivity index (χ2v) is 6.27. The Morgan fingerprint density at radius 1 is 1.21 bits per heavy atom. The number of imidazole rings is 1. The number of amides is 1. The zero-order valence-corrected chi connectivity index (χ0v) is 14.7. The van der Waals surface area contributed by atoms with E-state index in [1.54, 1.807) is 47.9 Å². The van der Waals surface area contributed by atoms with E-state index in [1.165, 1.54) is 6.21 Å². The fraction of sp³-hybridized carbons (Fsp3) is 0.0625. The highest BCUT2D eigenvalue weighted by atomic mass is 35.5. The molecule has 0 aliphatic rings. The fourth-order valence-corrected chi connectivity index (χ4v) is 2.85. The molecule has 2 aromatic heterocycles. The van der Waals surface area contributed by atoms with Gasteiger partial charge in [0, 0.05) is 16.8 Å². The minimum atomic E-state index is -0.399. The van der Waals surface area contributed by atoms with Crippen LogP contribution in [0.2, 0.25) is 15.1 Å². The van der Waals surface area contributed by atoms with Crippen LogP contribution in [0.1, 0.15) is 21.7 Å². The molecule has 24 heavy (non-hydrogen) atoms. The summed E-state index contributed by atoms with van der Waals surface area (Å²) in [6.07, 6.45) is 3.08. The summed E-state index contributed by atoms with van der Waals surface area (Å²) in [5.41, 5.74) is 4.68. The van der Waals surface area contributed by atoms with Gasteiger partial charge in [-0.2, -0.15) is 5.10 Å². The average molecular weight is 382 g/mol. The number of fused-ring (bicyclic) bond motifs is 1. The Morgan fingerprint density at radius 2 is 1.96 bits per heavy atom. The van der Waals surface area contributed by atoms with Crippen molar-refractivity contribution in [2.75, 3.05) is 0 Å². The number of rotatable bonds is 3. The summed E-state index contributed by atoms with van der Waals surface area (Å²) in [6.45, 7) is 1.75. The van der Waals surface area contributed by atoms with Gasteiger partial charge in [-0.25, -0.2) is 10.4 Å². The quantitative estimate of drug-likeness (QED) is 0.541. The van der Waals surface area contributed by atoms with E-state index < -0.39 is 5.91 Å². The highest BCUT2D eigenvalue weighted by Gasteiger charge is 2.16. The molecular weight excluding hydrogens is 371 g/mol. The number of benzene rings is 1. The molecule has 3 aromatic rings. The summed E-state index contributed by atoms with van der Waals surface area (Å²) >= 11 is 17.9. The number of aromatic nitrogens is 2. The molecule has 0 aliphatic carbocycles. The number of nitrogens with zero attached hydrogens (tertiary/aromatic N) is 3. The van der Waals surface area contributed by atoms with Gasteiger partial charge in [0.2, 0.25) is 0 Å². The Morgan fingerprint density at radius 3 is 2.71 bits per heavy atom. The third kappa shape index (κ3) is 3.38. The van der Waals surface area contributed by atoms with E-state index in [4.69, 9.17) is 34.8 Å². The lowest BCUT2D eigenvalue weighted by molar-refractivity contribution is 0.0948. The predicted octanol–water partition coefficient (Wildman–Crippen LogP) is 4.37. The SMILES string of the molecule is Cc1nc2ccc(Cl)cn2c1C(=O)N/N=C\c1ccc(Cl)cc1Cl. The first-order valence-corrected chi connectivity index (χ1v) is 8.02. The summed E-state index contributed by atoms with van der Waals surface area (Å²) in [7, 11) is 0. The van der Waals surface area contributed by atoms with Crippen LogP contribution in [-0.2, 0) is 0 Å². The van der Waals surface area contributed by atoms with Crippen LogP contribution in [0.25, 0.3) is 5.65 Å². The molecule has 0 radical (unpaired) electrons. The fourth-order valence-electron chi connectivity index (χ4n) is 2.23. The number of carbonyl (C=O) groups excluding carboxylic acids is 1. The van der Waals surface area contributed by atoms with Crippen LogP contribution in [0.5, 0.6) is 0 Å². The van der Waals surface area contributed by atoms with E-state index in [0.717, 1.165) is 0 Å². The lowest BCUT2D eigenvalue weighted by Crippen LogP contribution is -2.20. The number of hydrogen-bond acceptors (Lipinski definition) is 3. The van der Waals surface area contributed by atoms with Crippen LogP contribution in [0.4, 0.5) is 0 Å². The molecule has 0 bridgehead atoms. The number of nitrogens with one attached hydrogen (secondary N) is 1. The number of carbonyl (C=O) groups is 1. The van der Waals surface area contributed by atoms with Gasteiger partial charge in [0.15, 0.2) is 0 Å². The predicted molar refractivity (Wildman–Crippen MR) is 96.5 cm³/mol. The van der Waals surface area contributed by atoms with Gasteiger partial charge in [-0.3, -0.25) is 9.20 Å². The van der Waals surface area contributed by atoms with Gasteiger partial charge < -0.3 is 0 Å². The molecule has 0 saturated heterocycles. The number of halogens is 3. The van der Waals surface area contributed by atoms with Crippen LogP contribution in [0.15, 0.2) is 41.6 Å². The van der Waals surface area contributed by atoms with Crippen molar-refractivity contribution < 1.29 is 4.79 Å². The minimum absolute atomic E-state index is 0.367. The maximum atomic E-state index is 12.4. The first kappa shape index (κ1) is 16.8. The van der Waals surface area contributed by atoms with Crippen LogP contribution >= 0.6 is 34.8 Å². The standard InChI is InChI=1S/C16H11Cl3N4O/c1-9-15(23-8-12(18)4-5-14(23)21-9)16(24)22-20-7-10-2-3-11(17)6-13(10)19/h2-8H,1H3,(H,22,24)/b20-7-. The topological polar surface area (TPSA) is 58.8 Å². The number of hydrazone groups is 1. The van der Waals surface area contributed by atoms with Crippen molar-refractivity contribution in [3.05, 3.63) is 68.5 Å². The molecule has 0 aliphatic heterocycles. The molecule has 3 rings (SSSR count). The number of pyridine rings is 1. The zero-order valence-electron chi connectivity index (χ0n) is 12.4. The molecule has 0 atom stereocenters. The van der Waals surface area contributed by atoms with Crippen LogP contribution in [0, 0.1) is 6.92 Å². The molecule has 5 nitrogen and oxygen atoms in total. The molecule has 8 heteroatoms. The Labute approximate surface area is 152 Å². The first-order chi connectivity index (χ1) is 11.5. The van der Waals surface area contributed by atoms with E-state index in [9.17, 15) is 4.79 Å². The van der Waals surface area contributed by atoms with Crippen molar-refractivity contribution in [3.8, 4) is 0 Å². The maximum Gasteiger partial charge on any atom is 0.290 e. The lowest BCUT2D eigenvalue weighted by Gasteiger charge is -2.02. The molecule has 1 amide bonds. The Balaban J connectivity index is 1.84. The molecule has 1 N–H and O–H groups in total. The largest absolute Gasteiger partial charge is 0.294 e. The monoisotopic (exact) mass is 380 g/mol. The minimum Gasteiger partial charge on any atom is -0.294 e. The van der Waals surface area contributed by atoms with Gasteiger partial charge in [0.05, 0.1) is 22.0 Å². The van der Waals surface area contributed by atoms with Crippen LogP contribution in [-0.4, -0.2) is 21.5 Å². The molecule has 122 valence electrons. The highest BCUT2D eigenvalue weighted by molar-refractivity contribution is 6.36. The zero-order chi connectivity index (χ0) is 17.3. The van der Waals surface area contributed by atoms with Gasteiger partial charge in [-0.1, -0.05) is 40.9 Å². The third-order valence-corrected chi connectivity index (χ3v) is 4.09. The van der Waals surface area contributed by atoms with E-state index >= 15 is 0 Å². The molecule has 0 unspecified atom stereocenters. The molecule has 2 heterocycles. The molecule has 1 aromatic carbocycles. The van der Waals surface area contributed by atoms with Gasteiger partial charge in [0.1, 0.15) is 11.3 Å². The van der Waals surface area contributed by atoms with E-state index in [2.05, 4.69) is 15.5 Å². The lowest BCUT2D eigenvalue weighted by atomic mass is 10.2. The highest BCUT2D eigenvalue weighted by Crippen LogP contribution is 2.19. The van der Waals surface area contributed by atoms with Crippen molar-refractivity contribution in [2.45, 2.75) is 6.92 Å². The number of aryl methyl sites for hydroxylation is 1. The summed E-state index contributed by atoms with van der Waals surface area (Å²) in [5.74, 6) is -0.399. The van der Waals surface area contributed by atoms with Crippen molar-refractivity contribution in [1.29, 1.82) is 0 Å². The molecule has 0 fully saturated rings. The average Bonchev–Trinajstić information content (AvgIpc) is 2.84. The van der Waals surface area contributed by atoms with Gasteiger partial charge in [0.25, 0.3) is 5.91 Å². The second-order valence-electron chi connectivity index (χ2n) is 4.99. The Kier molecular flexibility index (Phi) is 4.76. The first-order valence-electron chi connectivity index (χ1n) is 6.88. The molecule has 0 spiro atoms. The van der Waals surface area contributed by atoms with Gasteiger partial charge >= 0.3 is 0 Å². The van der Waals surface area contributed by atoms with E-state index in [1.807, 2.05) is 0 Å². The second kappa shape index (κ2) is 6.81. The third-order valence-electron chi connectivity index (χ3n) is 3.30. The van der Waals surface area contributed by atoms with Crippen LogP contribution < -0.4 is 5.43 Å². The van der Waals surface area contributed by atoms with Crippen molar-refractivity contribution in [1.82, 2.24) is 14.8 Å². The Hall–Kier alpha value is -2.08. The summed E-state index contributed by atoms with van der Waals surface area (Å²) in [5, 5.41) is 5.41. The summed E-state index contributed by atoms with van der Waals surface area (Å²) in [4.78, 5) is 16.7. The Bertz CT molecular complexity index is 965. The smallest absolute Gasteiger partial charge is 0.290 e. The van der Waals surface area contributed by atoms with Gasteiger partial charge in [-0.15, -0.1) is 0 Å². The summed E-state index contributed by atoms with van der Waals surface area (Å²) in [6, 6.07) is 8.45. The van der Waals surface area contributed by atoms with E-state index in [-0.39, 0.29) is 0 Å². The van der Waals surface area contributed by atoms with E-state index in [0.29, 0.717) is 37.7 Å². The molecular formula is C16H11Cl3N4O. The molecule has 0 saturated carbocycles. The van der Waals surface area contributed by atoms with Crippen molar-refractivity contribution >= 4 is 52.6 Å². The maximum absolute atomic E-state index is 12.4. The normalized spacial score (nSPS) is 11.3. The summed E-state index contributed by atoms with van der Waals surface area (Å²) < 4.78 is 1.62. The van der Waals surface area contributed by atoms with Crippen molar-refractivity contribution in [2.24, 2.45) is 5.10 Å².